The number of carbonyl (C=O) groups is 1. The Balaban J connectivity index is 1.49. The van der Waals surface area contributed by atoms with Gasteiger partial charge in [0.1, 0.15) is 5.82 Å². The highest BCUT2D eigenvalue weighted by atomic mass is 32.2. The van der Waals surface area contributed by atoms with E-state index in [9.17, 15) is 13.2 Å². The average molecular weight is 497 g/mol. The lowest BCUT2D eigenvalue weighted by molar-refractivity contribution is 0.0604. The molecule has 2 saturated heterocycles. The number of rotatable bonds is 4. The molecule has 1 amide bonds. The molecule has 2 N–H and O–H groups in total. The first kappa shape index (κ1) is 23.7. The lowest BCUT2D eigenvalue weighted by Gasteiger charge is -2.35. The van der Waals surface area contributed by atoms with Crippen molar-refractivity contribution < 1.29 is 13.2 Å². The van der Waals surface area contributed by atoms with E-state index in [2.05, 4.69) is 4.90 Å². The summed E-state index contributed by atoms with van der Waals surface area (Å²) in [5.74, 6) is 0.771. The number of sulfone groups is 1. The van der Waals surface area contributed by atoms with Crippen LogP contribution in [0.25, 0.3) is 5.65 Å². The van der Waals surface area contributed by atoms with E-state index < -0.39 is 9.84 Å². The topological polar surface area (TPSA) is 114 Å². The van der Waals surface area contributed by atoms with Gasteiger partial charge in [-0.1, -0.05) is 6.07 Å². The van der Waals surface area contributed by atoms with Gasteiger partial charge >= 0.3 is 0 Å². The van der Waals surface area contributed by atoms with Gasteiger partial charge in [-0.25, -0.2) is 17.9 Å². The highest BCUT2D eigenvalue weighted by Gasteiger charge is 2.32. The van der Waals surface area contributed by atoms with Gasteiger partial charge in [-0.05, 0) is 57.2 Å². The Bertz CT molecular complexity index is 1400. The average Bonchev–Trinajstić information content (AvgIpc) is 3.43. The molecule has 2 aromatic heterocycles. The van der Waals surface area contributed by atoms with Crippen molar-refractivity contribution in [2.24, 2.45) is 5.73 Å². The van der Waals surface area contributed by atoms with Gasteiger partial charge in [-0.15, -0.1) is 0 Å². The van der Waals surface area contributed by atoms with E-state index in [1.54, 1.807) is 16.6 Å². The van der Waals surface area contributed by atoms with Gasteiger partial charge in [0, 0.05) is 55.3 Å². The molecule has 3 aromatic rings. The number of nitrogens with zero attached hydrogens (tertiary/aromatic N) is 5. The van der Waals surface area contributed by atoms with Crippen LogP contribution in [0.15, 0.2) is 35.4 Å². The molecule has 1 aromatic carbocycles. The Morgan fingerprint density at radius 2 is 1.89 bits per heavy atom. The van der Waals surface area contributed by atoms with E-state index in [0.717, 1.165) is 73.3 Å². The van der Waals surface area contributed by atoms with Crippen molar-refractivity contribution in [1.82, 2.24) is 19.5 Å². The fourth-order valence-corrected chi connectivity index (χ4v) is 5.83. The molecular formula is C25H32N6O3S. The number of hydrogen-bond acceptors (Lipinski definition) is 7. The van der Waals surface area contributed by atoms with Crippen LogP contribution in [0.2, 0.25) is 0 Å². The van der Waals surface area contributed by atoms with Gasteiger partial charge < -0.3 is 15.5 Å². The number of aryl methyl sites for hydroxylation is 2. The van der Waals surface area contributed by atoms with Gasteiger partial charge in [0.25, 0.3) is 5.91 Å². The predicted octanol–water partition coefficient (Wildman–Crippen LogP) is 2.65. The van der Waals surface area contributed by atoms with Crippen molar-refractivity contribution >= 4 is 27.2 Å². The minimum absolute atomic E-state index is 0.154. The molecule has 35 heavy (non-hydrogen) atoms. The Labute approximate surface area is 205 Å². The molecule has 2 aliphatic heterocycles. The number of likely N-dealkylation sites (tertiary alicyclic amines) is 1. The smallest absolute Gasteiger partial charge is 0.254 e. The zero-order valence-electron chi connectivity index (χ0n) is 20.4. The fraction of sp³-hybridized carbons (Fsp3) is 0.480. The molecule has 9 nitrogen and oxygen atoms in total. The maximum Gasteiger partial charge on any atom is 0.254 e. The molecule has 0 aliphatic carbocycles. The molecule has 0 unspecified atom stereocenters. The molecule has 0 radical (unpaired) electrons. The van der Waals surface area contributed by atoms with Crippen LogP contribution < -0.4 is 10.6 Å². The van der Waals surface area contributed by atoms with E-state index in [-0.39, 0.29) is 22.9 Å². The van der Waals surface area contributed by atoms with E-state index in [1.807, 2.05) is 31.0 Å². The SMILES string of the molecule is Cc1ccc(S(C)(=O)=O)cc1C(=O)N1CCCC[C@H]1c1cc2nc(N3CC[C@H](N)C3)c(C)cn2n1. The van der Waals surface area contributed by atoms with Gasteiger partial charge in [0.2, 0.25) is 0 Å². The zero-order valence-corrected chi connectivity index (χ0v) is 21.3. The lowest BCUT2D eigenvalue weighted by atomic mass is 9.97. The van der Waals surface area contributed by atoms with Crippen molar-refractivity contribution in [2.75, 3.05) is 30.8 Å². The number of anilines is 1. The standard InChI is InChI=1S/C25H32N6O3S/c1-16-7-8-19(35(3,33)34)12-20(16)25(32)30-10-5-4-6-22(30)21-13-23-27-24(17(2)14-31(23)28-21)29-11-9-18(26)15-29/h7-8,12-14,18,22H,4-6,9-11,15,26H2,1-3H3/t18-,22-/m0/s1. The summed E-state index contributed by atoms with van der Waals surface area (Å²) in [4.78, 5) is 22.8. The highest BCUT2D eigenvalue weighted by Crippen LogP contribution is 2.33. The lowest BCUT2D eigenvalue weighted by Crippen LogP contribution is -2.39. The number of aromatic nitrogens is 3. The quantitative estimate of drug-likeness (QED) is 0.591. The van der Waals surface area contributed by atoms with Crippen LogP contribution in [0.1, 0.15) is 58.9 Å². The monoisotopic (exact) mass is 496 g/mol. The van der Waals surface area contributed by atoms with Crippen molar-refractivity contribution in [2.45, 2.75) is 56.5 Å². The summed E-state index contributed by atoms with van der Waals surface area (Å²) in [6, 6.07) is 6.69. The second-order valence-corrected chi connectivity index (χ2v) is 11.9. The maximum atomic E-state index is 13.7. The number of carbonyl (C=O) groups excluding carboxylic acids is 1. The van der Waals surface area contributed by atoms with E-state index >= 15 is 0 Å². The first-order valence-corrected chi connectivity index (χ1v) is 14.0. The van der Waals surface area contributed by atoms with E-state index in [1.165, 1.54) is 6.07 Å². The third-order valence-electron chi connectivity index (χ3n) is 7.12. The third kappa shape index (κ3) is 4.52. The summed E-state index contributed by atoms with van der Waals surface area (Å²) in [6.07, 6.45) is 6.79. The first-order chi connectivity index (χ1) is 16.6. The molecule has 0 saturated carbocycles. The fourth-order valence-electron chi connectivity index (χ4n) is 5.18. The predicted molar refractivity (Wildman–Crippen MR) is 134 cm³/mol. The summed E-state index contributed by atoms with van der Waals surface area (Å²) in [5, 5.41) is 4.81. The number of piperidine rings is 1. The van der Waals surface area contributed by atoms with Crippen LogP contribution in [0.3, 0.4) is 0 Å². The molecule has 4 heterocycles. The molecule has 2 fully saturated rings. The summed E-state index contributed by atoms with van der Waals surface area (Å²) in [6.45, 7) is 6.15. The van der Waals surface area contributed by atoms with Crippen LogP contribution >= 0.6 is 0 Å². The number of hydrogen-bond donors (Lipinski definition) is 1. The largest absolute Gasteiger partial charge is 0.355 e. The van der Waals surface area contributed by atoms with E-state index in [4.69, 9.17) is 15.8 Å². The second kappa shape index (κ2) is 8.91. The molecule has 2 atom stereocenters. The minimum Gasteiger partial charge on any atom is -0.355 e. The van der Waals surface area contributed by atoms with Crippen LogP contribution in [0.5, 0.6) is 0 Å². The highest BCUT2D eigenvalue weighted by molar-refractivity contribution is 7.90. The first-order valence-electron chi connectivity index (χ1n) is 12.1. The Morgan fingerprint density at radius 1 is 1.09 bits per heavy atom. The van der Waals surface area contributed by atoms with Crippen LogP contribution in [-0.4, -0.2) is 65.8 Å². The number of amides is 1. The summed E-state index contributed by atoms with van der Waals surface area (Å²) >= 11 is 0. The van der Waals surface area contributed by atoms with Gasteiger partial charge in [0.15, 0.2) is 15.5 Å². The molecule has 0 spiro atoms. The molecule has 10 heteroatoms. The van der Waals surface area contributed by atoms with Gasteiger partial charge in [0.05, 0.1) is 16.6 Å². The number of nitrogens with two attached hydrogens (primary N) is 1. The Morgan fingerprint density at radius 3 is 2.60 bits per heavy atom. The Hall–Kier alpha value is -2.98. The molecular weight excluding hydrogens is 464 g/mol. The van der Waals surface area contributed by atoms with Crippen LogP contribution in [-0.2, 0) is 9.84 Å². The Kier molecular flexibility index (Phi) is 6.04. The van der Waals surface area contributed by atoms with Gasteiger partial charge in [-0.2, -0.15) is 5.10 Å². The minimum atomic E-state index is -3.41. The van der Waals surface area contributed by atoms with Crippen molar-refractivity contribution in [1.29, 1.82) is 0 Å². The van der Waals surface area contributed by atoms with Crippen molar-refractivity contribution in [3.63, 3.8) is 0 Å². The second-order valence-electron chi connectivity index (χ2n) is 9.87. The van der Waals surface area contributed by atoms with Crippen LogP contribution in [0.4, 0.5) is 5.82 Å². The summed E-state index contributed by atoms with van der Waals surface area (Å²) < 4.78 is 26.0. The summed E-state index contributed by atoms with van der Waals surface area (Å²) in [7, 11) is -3.41. The van der Waals surface area contributed by atoms with Crippen molar-refractivity contribution in [3.8, 4) is 0 Å². The normalized spacial score (nSPS) is 21.1. The number of fused-ring (bicyclic) bond motifs is 1. The van der Waals surface area contributed by atoms with Crippen molar-refractivity contribution in [3.05, 3.63) is 52.8 Å². The zero-order chi connectivity index (χ0) is 24.9. The maximum absolute atomic E-state index is 13.7. The summed E-state index contributed by atoms with van der Waals surface area (Å²) in [5.41, 5.74) is 9.86. The van der Waals surface area contributed by atoms with E-state index in [0.29, 0.717) is 12.1 Å². The van der Waals surface area contributed by atoms with Gasteiger partial charge in [-0.3, -0.25) is 4.79 Å². The molecule has 5 rings (SSSR count). The molecule has 2 aliphatic rings. The third-order valence-corrected chi connectivity index (χ3v) is 8.23. The molecule has 186 valence electrons. The molecule has 0 bridgehead atoms. The van der Waals surface area contributed by atoms with Crippen LogP contribution in [0, 0.1) is 13.8 Å². The number of benzene rings is 1.